The Morgan fingerprint density at radius 1 is 1.10 bits per heavy atom. The summed E-state index contributed by atoms with van der Waals surface area (Å²) in [4.78, 5) is 2.16. The molecule has 4 heteroatoms. The van der Waals surface area contributed by atoms with Crippen LogP contribution in [0.3, 0.4) is 0 Å². The van der Waals surface area contributed by atoms with Crippen LogP contribution in [0.5, 0.6) is 0 Å². The van der Waals surface area contributed by atoms with Gasteiger partial charge in [0.05, 0.1) is 0 Å². The SMILES string of the molecule is Nc1cccc2c1CN(Cc1cc(F)cc(F)c1)CC2. The van der Waals surface area contributed by atoms with E-state index in [0.29, 0.717) is 12.1 Å². The molecule has 0 amide bonds. The summed E-state index contributed by atoms with van der Waals surface area (Å²) in [5.74, 6) is -1.06. The lowest BCUT2D eigenvalue weighted by Gasteiger charge is -2.29. The van der Waals surface area contributed by atoms with E-state index in [2.05, 4.69) is 11.0 Å². The largest absolute Gasteiger partial charge is 0.398 e. The molecule has 0 saturated carbocycles. The Hall–Kier alpha value is -1.94. The number of halogens is 2. The summed E-state index contributed by atoms with van der Waals surface area (Å²) in [5.41, 5.74) is 9.85. The van der Waals surface area contributed by atoms with Crippen molar-refractivity contribution in [1.82, 2.24) is 4.90 Å². The van der Waals surface area contributed by atoms with Crippen molar-refractivity contribution in [2.45, 2.75) is 19.5 Å². The Kier molecular flexibility index (Phi) is 3.40. The molecule has 3 rings (SSSR count). The van der Waals surface area contributed by atoms with Crippen molar-refractivity contribution in [3.63, 3.8) is 0 Å². The molecule has 0 unspecified atom stereocenters. The summed E-state index contributed by atoms with van der Waals surface area (Å²) in [6, 6.07) is 9.60. The van der Waals surface area contributed by atoms with E-state index in [9.17, 15) is 8.78 Å². The Bertz CT molecular complexity index is 620. The van der Waals surface area contributed by atoms with E-state index in [1.54, 1.807) is 0 Å². The van der Waals surface area contributed by atoms with E-state index >= 15 is 0 Å². The molecule has 2 aromatic carbocycles. The summed E-state index contributed by atoms with van der Waals surface area (Å²) < 4.78 is 26.4. The highest BCUT2D eigenvalue weighted by Gasteiger charge is 2.18. The van der Waals surface area contributed by atoms with Crippen LogP contribution in [0, 0.1) is 11.6 Å². The fourth-order valence-corrected chi connectivity index (χ4v) is 2.76. The van der Waals surface area contributed by atoms with Crippen LogP contribution in [0.2, 0.25) is 0 Å². The van der Waals surface area contributed by atoms with Crippen LogP contribution in [-0.2, 0) is 19.5 Å². The Morgan fingerprint density at radius 2 is 1.85 bits per heavy atom. The van der Waals surface area contributed by atoms with Gasteiger partial charge in [0, 0.05) is 31.4 Å². The van der Waals surface area contributed by atoms with Gasteiger partial charge in [-0.05, 0) is 41.3 Å². The van der Waals surface area contributed by atoms with Crippen molar-refractivity contribution in [2.75, 3.05) is 12.3 Å². The van der Waals surface area contributed by atoms with Crippen molar-refractivity contribution in [3.05, 3.63) is 64.7 Å². The first-order valence-corrected chi connectivity index (χ1v) is 6.65. The molecule has 1 heterocycles. The predicted octanol–water partition coefficient (Wildman–Crippen LogP) is 3.11. The minimum absolute atomic E-state index is 0.530. The normalized spacial score (nSPS) is 15.1. The maximum absolute atomic E-state index is 13.2. The second-order valence-electron chi connectivity index (χ2n) is 5.22. The van der Waals surface area contributed by atoms with Crippen LogP contribution >= 0.6 is 0 Å². The standard InChI is InChI=1S/C16H16F2N2/c17-13-6-11(7-14(18)8-13)9-20-5-4-12-2-1-3-16(19)15(12)10-20/h1-3,6-8H,4-5,9-10,19H2. The highest BCUT2D eigenvalue weighted by Crippen LogP contribution is 2.25. The van der Waals surface area contributed by atoms with Crippen molar-refractivity contribution in [3.8, 4) is 0 Å². The molecule has 1 aliphatic heterocycles. The second-order valence-corrected chi connectivity index (χ2v) is 5.22. The zero-order chi connectivity index (χ0) is 14.1. The number of hydrogen-bond acceptors (Lipinski definition) is 2. The third-order valence-electron chi connectivity index (χ3n) is 3.72. The molecule has 2 N–H and O–H groups in total. The summed E-state index contributed by atoms with van der Waals surface area (Å²) in [6.45, 7) is 2.12. The van der Waals surface area contributed by atoms with E-state index in [4.69, 9.17) is 5.73 Å². The van der Waals surface area contributed by atoms with Crippen molar-refractivity contribution in [2.24, 2.45) is 0 Å². The third kappa shape index (κ3) is 2.65. The van der Waals surface area contributed by atoms with Crippen LogP contribution in [0.15, 0.2) is 36.4 Å². The lowest BCUT2D eigenvalue weighted by Crippen LogP contribution is -2.30. The maximum Gasteiger partial charge on any atom is 0.126 e. The Balaban J connectivity index is 1.79. The summed E-state index contributed by atoms with van der Waals surface area (Å²) >= 11 is 0. The lowest BCUT2D eigenvalue weighted by atomic mass is 9.98. The highest BCUT2D eigenvalue weighted by atomic mass is 19.1. The van der Waals surface area contributed by atoms with Crippen molar-refractivity contribution < 1.29 is 8.78 Å². The molecule has 20 heavy (non-hydrogen) atoms. The zero-order valence-corrected chi connectivity index (χ0v) is 11.1. The fourth-order valence-electron chi connectivity index (χ4n) is 2.76. The molecule has 0 bridgehead atoms. The molecule has 0 fully saturated rings. The third-order valence-corrected chi connectivity index (χ3v) is 3.72. The van der Waals surface area contributed by atoms with Gasteiger partial charge in [-0.2, -0.15) is 0 Å². The number of benzene rings is 2. The van der Waals surface area contributed by atoms with E-state index in [0.717, 1.165) is 36.8 Å². The molecule has 2 aromatic rings. The van der Waals surface area contributed by atoms with Crippen LogP contribution in [0.4, 0.5) is 14.5 Å². The average Bonchev–Trinajstić information content (AvgIpc) is 2.38. The Morgan fingerprint density at radius 3 is 2.60 bits per heavy atom. The minimum Gasteiger partial charge on any atom is -0.398 e. The minimum atomic E-state index is -0.531. The first-order chi connectivity index (χ1) is 9.61. The quantitative estimate of drug-likeness (QED) is 0.853. The molecule has 0 saturated heterocycles. The number of rotatable bonds is 2. The smallest absolute Gasteiger partial charge is 0.126 e. The average molecular weight is 274 g/mol. The first kappa shape index (κ1) is 13.1. The van der Waals surface area contributed by atoms with E-state index in [1.165, 1.54) is 17.7 Å². The van der Waals surface area contributed by atoms with Crippen molar-refractivity contribution in [1.29, 1.82) is 0 Å². The molecule has 0 atom stereocenters. The molecule has 0 spiro atoms. The van der Waals surface area contributed by atoms with Gasteiger partial charge in [0.2, 0.25) is 0 Å². The van der Waals surface area contributed by atoms with Gasteiger partial charge in [0.15, 0.2) is 0 Å². The second kappa shape index (κ2) is 5.21. The zero-order valence-electron chi connectivity index (χ0n) is 11.1. The topological polar surface area (TPSA) is 29.3 Å². The Labute approximate surface area is 116 Å². The van der Waals surface area contributed by atoms with Gasteiger partial charge in [-0.1, -0.05) is 12.1 Å². The molecule has 1 aliphatic rings. The molecule has 0 aromatic heterocycles. The summed E-state index contributed by atoms with van der Waals surface area (Å²) in [6.07, 6.45) is 0.915. The molecule has 0 aliphatic carbocycles. The number of anilines is 1. The predicted molar refractivity (Wildman–Crippen MR) is 75.0 cm³/mol. The van der Waals surface area contributed by atoms with Crippen LogP contribution in [0.25, 0.3) is 0 Å². The van der Waals surface area contributed by atoms with Crippen LogP contribution < -0.4 is 5.73 Å². The number of nitrogens with zero attached hydrogens (tertiary/aromatic N) is 1. The van der Waals surface area contributed by atoms with Gasteiger partial charge < -0.3 is 5.73 Å². The van der Waals surface area contributed by atoms with E-state index in [1.807, 2.05) is 12.1 Å². The summed E-state index contributed by atoms with van der Waals surface area (Å²) in [5, 5.41) is 0. The van der Waals surface area contributed by atoms with Gasteiger partial charge >= 0.3 is 0 Å². The number of hydrogen-bond donors (Lipinski definition) is 1. The molecule has 104 valence electrons. The number of nitrogen functional groups attached to an aromatic ring is 1. The fraction of sp³-hybridized carbons (Fsp3) is 0.250. The van der Waals surface area contributed by atoms with Gasteiger partial charge in [-0.25, -0.2) is 8.78 Å². The highest BCUT2D eigenvalue weighted by molar-refractivity contribution is 5.51. The van der Waals surface area contributed by atoms with Gasteiger partial charge in [-0.15, -0.1) is 0 Å². The summed E-state index contributed by atoms with van der Waals surface area (Å²) in [7, 11) is 0. The van der Waals surface area contributed by atoms with Crippen LogP contribution in [-0.4, -0.2) is 11.4 Å². The monoisotopic (exact) mass is 274 g/mol. The molecular weight excluding hydrogens is 258 g/mol. The molecule has 0 radical (unpaired) electrons. The van der Waals surface area contributed by atoms with Gasteiger partial charge in [0.1, 0.15) is 11.6 Å². The first-order valence-electron chi connectivity index (χ1n) is 6.65. The molecule has 2 nitrogen and oxygen atoms in total. The maximum atomic E-state index is 13.2. The van der Waals surface area contributed by atoms with Gasteiger partial charge in [0.25, 0.3) is 0 Å². The lowest BCUT2D eigenvalue weighted by molar-refractivity contribution is 0.245. The van der Waals surface area contributed by atoms with E-state index < -0.39 is 11.6 Å². The number of nitrogens with two attached hydrogens (primary N) is 1. The van der Waals surface area contributed by atoms with E-state index in [-0.39, 0.29) is 0 Å². The van der Waals surface area contributed by atoms with Crippen LogP contribution in [0.1, 0.15) is 16.7 Å². The van der Waals surface area contributed by atoms with Crippen molar-refractivity contribution >= 4 is 5.69 Å². The molecular formula is C16H16F2N2. The number of fused-ring (bicyclic) bond motifs is 1. The van der Waals surface area contributed by atoms with Gasteiger partial charge in [-0.3, -0.25) is 4.90 Å².